The maximum atomic E-state index is 10.6. The lowest BCUT2D eigenvalue weighted by molar-refractivity contribution is 0.144. The molecule has 0 unspecified atom stereocenters. The van der Waals surface area contributed by atoms with Gasteiger partial charge in [0.05, 0.1) is 6.10 Å². The molecule has 0 saturated carbocycles. The fourth-order valence-electron chi connectivity index (χ4n) is 2.22. The standard InChI is InChI=1S/C16H18BrNO/c1-18-11-15(12-5-3-2-4-6-12)16(19)13-7-9-14(17)10-8-13/h2-10,15-16,18-19H,11H2,1H3/t15-,16+/m1/s1. The van der Waals surface area contributed by atoms with Crippen molar-refractivity contribution in [3.05, 3.63) is 70.2 Å². The second-order valence-corrected chi connectivity index (χ2v) is 5.49. The van der Waals surface area contributed by atoms with Crippen LogP contribution < -0.4 is 5.32 Å². The third kappa shape index (κ3) is 3.66. The molecular formula is C16H18BrNO. The minimum absolute atomic E-state index is 0.0485. The van der Waals surface area contributed by atoms with Crippen molar-refractivity contribution in [1.82, 2.24) is 5.32 Å². The van der Waals surface area contributed by atoms with E-state index in [0.717, 1.165) is 22.1 Å². The maximum Gasteiger partial charge on any atom is 0.0870 e. The zero-order chi connectivity index (χ0) is 13.7. The van der Waals surface area contributed by atoms with E-state index in [1.165, 1.54) is 0 Å². The molecule has 0 fully saturated rings. The SMILES string of the molecule is CNC[C@H](c1ccccc1)[C@@H](O)c1ccc(Br)cc1. The zero-order valence-corrected chi connectivity index (χ0v) is 12.5. The zero-order valence-electron chi connectivity index (χ0n) is 10.9. The average molecular weight is 320 g/mol. The number of hydrogen-bond acceptors (Lipinski definition) is 2. The average Bonchev–Trinajstić information content (AvgIpc) is 2.46. The smallest absolute Gasteiger partial charge is 0.0870 e. The molecule has 2 N–H and O–H groups in total. The lowest BCUT2D eigenvalue weighted by atomic mass is 9.89. The first-order valence-electron chi connectivity index (χ1n) is 6.35. The van der Waals surface area contributed by atoms with Crippen molar-refractivity contribution in [3.8, 4) is 0 Å². The van der Waals surface area contributed by atoms with E-state index in [0.29, 0.717) is 0 Å². The van der Waals surface area contributed by atoms with Crippen LogP contribution in [0.1, 0.15) is 23.1 Å². The van der Waals surface area contributed by atoms with E-state index < -0.39 is 6.10 Å². The van der Waals surface area contributed by atoms with E-state index in [1.54, 1.807) is 0 Å². The van der Waals surface area contributed by atoms with Gasteiger partial charge in [-0.1, -0.05) is 58.4 Å². The number of aliphatic hydroxyl groups excluding tert-OH is 1. The molecule has 0 aliphatic heterocycles. The predicted molar refractivity (Wildman–Crippen MR) is 82.2 cm³/mol. The summed E-state index contributed by atoms with van der Waals surface area (Å²) in [6.07, 6.45) is -0.511. The molecule has 0 spiro atoms. The van der Waals surface area contributed by atoms with Crippen LogP contribution in [-0.4, -0.2) is 18.7 Å². The molecule has 0 amide bonds. The molecule has 0 aliphatic rings. The monoisotopic (exact) mass is 319 g/mol. The van der Waals surface area contributed by atoms with E-state index >= 15 is 0 Å². The molecule has 0 heterocycles. The Hall–Kier alpha value is -1.16. The number of likely N-dealkylation sites (N-methyl/N-ethyl adjacent to an activating group) is 1. The summed E-state index contributed by atoms with van der Waals surface area (Å²) in [6.45, 7) is 0.737. The number of halogens is 1. The first-order valence-corrected chi connectivity index (χ1v) is 7.14. The van der Waals surface area contributed by atoms with Gasteiger partial charge in [0.2, 0.25) is 0 Å². The Kier molecular flexibility index (Phi) is 5.14. The van der Waals surface area contributed by atoms with Crippen LogP contribution in [0.5, 0.6) is 0 Å². The Morgan fingerprint density at radius 1 is 1.00 bits per heavy atom. The summed E-state index contributed by atoms with van der Waals surface area (Å²) in [4.78, 5) is 0. The van der Waals surface area contributed by atoms with E-state index in [9.17, 15) is 5.11 Å². The van der Waals surface area contributed by atoms with Gasteiger partial charge in [-0.15, -0.1) is 0 Å². The van der Waals surface area contributed by atoms with Crippen molar-refractivity contribution in [2.24, 2.45) is 0 Å². The highest BCUT2D eigenvalue weighted by Crippen LogP contribution is 2.30. The number of nitrogens with one attached hydrogen (secondary N) is 1. The molecule has 0 aliphatic carbocycles. The topological polar surface area (TPSA) is 32.3 Å². The summed E-state index contributed by atoms with van der Waals surface area (Å²) in [5.41, 5.74) is 2.08. The van der Waals surface area contributed by atoms with Gasteiger partial charge in [-0.05, 0) is 30.3 Å². The van der Waals surface area contributed by atoms with Crippen LogP contribution in [0.15, 0.2) is 59.1 Å². The van der Waals surface area contributed by atoms with E-state index in [1.807, 2.05) is 49.5 Å². The van der Waals surface area contributed by atoms with Crippen LogP contribution in [-0.2, 0) is 0 Å². The molecule has 2 nitrogen and oxygen atoms in total. The molecule has 0 saturated heterocycles. The number of aliphatic hydroxyl groups is 1. The summed E-state index contributed by atoms with van der Waals surface area (Å²) in [5.74, 6) is 0.0485. The van der Waals surface area contributed by atoms with Crippen LogP contribution in [0.3, 0.4) is 0 Å². The number of hydrogen-bond donors (Lipinski definition) is 2. The van der Waals surface area contributed by atoms with Crippen molar-refractivity contribution < 1.29 is 5.11 Å². The van der Waals surface area contributed by atoms with E-state index in [-0.39, 0.29) is 5.92 Å². The maximum absolute atomic E-state index is 10.6. The molecule has 2 rings (SSSR count). The largest absolute Gasteiger partial charge is 0.388 e. The van der Waals surface area contributed by atoms with Gasteiger partial charge < -0.3 is 10.4 Å². The summed E-state index contributed by atoms with van der Waals surface area (Å²) in [7, 11) is 1.91. The predicted octanol–water partition coefficient (Wildman–Crippen LogP) is 3.49. The van der Waals surface area contributed by atoms with Crippen molar-refractivity contribution in [1.29, 1.82) is 0 Å². The lowest BCUT2D eigenvalue weighted by Crippen LogP contribution is -2.23. The van der Waals surface area contributed by atoms with Gasteiger partial charge in [0.1, 0.15) is 0 Å². The molecular weight excluding hydrogens is 302 g/mol. The van der Waals surface area contributed by atoms with Gasteiger partial charge >= 0.3 is 0 Å². The van der Waals surface area contributed by atoms with Gasteiger partial charge in [-0.25, -0.2) is 0 Å². The van der Waals surface area contributed by atoms with Crippen LogP contribution in [0.4, 0.5) is 0 Å². The van der Waals surface area contributed by atoms with Gasteiger partial charge in [-0.3, -0.25) is 0 Å². The Bertz CT molecular complexity index is 498. The van der Waals surface area contributed by atoms with Crippen molar-refractivity contribution in [2.45, 2.75) is 12.0 Å². The van der Waals surface area contributed by atoms with Gasteiger partial charge in [-0.2, -0.15) is 0 Å². The fraction of sp³-hybridized carbons (Fsp3) is 0.250. The third-order valence-electron chi connectivity index (χ3n) is 3.24. The Labute approximate surface area is 122 Å². The Morgan fingerprint density at radius 3 is 2.21 bits per heavy atom. The molecule has 0 bridgehead atoms. The van der Waals surface area contributed by atoms with E-state index in [2.05, 4.69) is 33.4 Å². The summed E-state index contributed by atoms with van der Waals surface area (Å²) >= 11 is 3.41. The Balaban J connectivity index is 2.26. The molecule has 2 aromatic rings. The molecule has 3 heteroatoms. The van der Waals surface area contributed by atoms with Crippen molar-refractivity contribution in [2.75, 3.05) is 13.6 Å². The van der Waals surface area contributed by atoms with Crippen molar-refractivity contribution in [3.63, 3.8) is 0 Å². The Morgan fingerprint density at radius 2 is 1.63 bits per heavy atom. The van der Waals surface area contributed by atoms with Crippen LogP contribution in [0.25, 0.3) is 0 Å². The van der Waals surface area contributed by atoms with Crippen LogP contribution in [0, 0.1) is 0 Å². The third-order valence-corrected chi connectivity index (χ3v) is 3.77. The molecule has 0 aromatic heterocycles. The highest BCUT2D eigenvalue weighted by Gasteiger charge is 2.21. The van der Waals surface area contributed by atoms with E-state index in [4.69, 9.17) is 0 Å². The molecule has 0 radical (unpaired) electrons. The highest BCUT2D eigenvalue weighted by molar-refractivity contribution is 9.10. The van der Waals surface area contributed by atoms with Gasteiger partial charge in [0.15, 0.2) is 0 Å². The lowest BCUT2D eigenvalue weighted by Gasteiger charge is -2.23. The second-order valence-electron chi connectivity index (χ2n) is 4.57. The van der Waals surface area contributed by atoms with Crippen molar-refractivity contribution >= 4 is 15.9 Å². The second kappa shape index (κ2) is 6.85. The molecule has 2 aromatic carbocycles. The minimum atomic E-state index is -0.511. The summed E-state index contributed by atoms with van der Waals surface area (Å²) < 4.78 is 1.02. The minimum Gasteiger partial charge on any atom is -0.388 e. The summed E-state index contributed by atoms with van der Waals surface area (Å²) in [6, 6.07) is 18.0. The summed E-state index contributed by atoms with van der Waals surface area (Å²) in [5, 5.41) is 13.8. The quantitative estimate of drug-likeness (QED) is 0.884. The number of rotatable bonds is 5. The van der Waals surface area contributed by atoms with Crippen LogP contribution in [0.2, 0.25) is 0 Å². The van der Waals surface area contributed by atoms with Gasteiger partial charge in [0.25, 0.3) is 0 Å². The molecule has 2 atom stereocenters. The first-order chi connectivity index (χ1) is 9.22. The van der Waals surface area contributed by atoms with Gasteiger partial charge in [0, 0.05) is 16.9 Å². The normalized spacial score (nSPS) is 14.1. The fourth-order valence-corrected chi connectivity index (χ4v) is 2.49. The number of benzene rings is 2. The first kappa shape index (κ1) is 14.3. The highest BCUT2D eigenvalue weighted by atomic mass is 79.9. The van der Waals surface area contributed by atoms with Crippen LogP contribution >= 0.6 is 15.9 Å². The molecule has 100 valence electrons. The molecule has 19 heavy (non-hydrogen) atoms.